The third-order valence-electron chi connectivity index (χ3n) is 3.48. The summed E-state index contributed by atoms with van der Waals surface area (Å²) in [6.45, 7) is 5.18. The molecule has 1 atom stereocenters. The zero-order valence-electron chi connectivity index (χ0n) is 11.3. The van der Waals surface area contributed by atoms with Crippen molar-refractivity contribution in [2.24, 2.45) is 5.10 Å². The van der Waals surface area contributed by atoms with Crippen molar-refractivity contribution in [2.75, 3.05) is 31.2 Å². The lowest BCUT2D eigenvalue weighted by Crippen LogP contribution is -2.37. The number of hydrogen-bond donors (Lipinski definition) is 1. The number of nitrogens with zero attached hydrogens (tertiary/aromatic N) is 2. The van der Waals surface area contributed by atoms with Crippen LogP contribution in [0.15, 0.2) is 29.4 Å². The Hall–Kier alpha value is -2.08. The van der Waals surface area contributed by atoms with E-state index in [-0.39, 0.29) is 6.10 Å². The number of morpholine rings is 1. The number of carbonyl (C=O) groups excluding carboxylic acids is 1. The summed E-state index contributed by atoms with van der Waals surface area (Å²) in [7, 11) is 0. The summed E-state index contributed by atoms with van der Waals surface area (Å²) in [5, 5.41) is 4.06. The van der Waals surface area contributed by atoms with Gasteiger partial charge in [0.05, 0.1) is 13.2 Å². The van der Waals surface area contributed by atoms with Crippen molar-refractivity contribution < 1.29 is 14.3 Å². The molecule has 0 spiro atoms. The van der Waals surface area contributed by atoms with Gasteiger partial charge in [0.15, 0.2) is 0 Å². The highest BCUT2D eigenvalue weighted by Gasteiger charge is 2.22. The molecule has 0 bridgehead atoms. The maximum Gasteiger partial charge on any atom is 0.428 e. The van der Waals surface area contributed by atoms with Gasteiger partial charge in [-0.1, -0.05) is 12.1 Å². The van der Waals surface area contributed by atoms with E-state index in [2.05, 4.69) is 27.6 Å². The monoisotopic (exact) mass is 275 g/mol. The molecule has 1 amide bonds. The normalized spacial score (nSPS) is 22.9. The molecule has 2 heterocycles. The van der Waals surface area contributed by atoms with Gasteiger partial charge >= 0.3 is 6.09 Å². The summed E-state index contributed by atoms with van der Waals surface area (Å²) >= 11 is 0. The van der Waals surface area contributed by atoms with Gasteiger partial charge in [-0.3, -0.25) is 0 Å². The van der Waals surface area contributed by atoms with Gasteiger partial charge in [-0.25, -0.2) is 10.2 Å². The molecule has 1 fully saturated rings. The summed E-state index contributed by atoms with van der Waals surface area (Å²) in [6, 6.07) is 8.13. The van der Waals surface area contributed by atoms with Crippen LogP contribution in [0.1, 0.15) is 12.5 Å². The molecule has 106 valence electrons. The minimum Gasteiger partial charge on any atom is -0.439 e. The second kappa shape index (κ2) is 5.50. The summed E-state index contributed by atoms with van der Waals surface area (Å²) in [5.74, 6) is 0. The lowest BCUT2D eigenvalue weighted by molar-refractivity contribution is 0.122. The first-order valence-corrected chi connectivity index (χ1v) is 6.71. The van der Waals surface area contributed by atoms with Crippen molar-refractivity contribution in [2.45, 2.75) is 13.0 Å². The first-order valence-electron chi connectivity index (χ1n) is 6.71. The zero-order valence-corrected chi connectivity index (χ0v) is 11.3. The Morgan fingerprint density at radius 3 is 2.60 bits per heavy atom. The molecule has 1 aromatic rings. The molecule has 0 aliphatic carbocycles. The number of hydrogen-bond acceptors (Lipinski definition) is 5. The lowest BCUT2D eigenvalue weighted by atomic mass is 10.1. The Bertz CT molecular complexity index is 521. The summed E-state index contributed by atoms with van der Waals surface area (Å²) in [5.41, 5.74) is 5.20. The number of cyclic esters (lactones) is 1. The largest absolute Gasteiger partial charge is 0.439 e. The van der Waals surface area contributed by atoms with E-state index >= 15 is 0 Å². The highest BCUT2D eigenvalue weighted by atomic mass is 16.6. The molecule has 3 rings (SSSR count). The highest BCUT2D eigenvalue weighted by molar-refractivity contribution is 6.05. The van der Waals surface area contributed by atoms with E-state index in [1.54, 1.807) is 0 Å². The Labute approximate surface area is 117 Å². The predicted molar refractivity (Wildman–Crippen MR) is 75.1 cm³/mol. The van der Waals surface area contributed by atoms with Crippen LogP contribution in [0.5, 0.6) is 0 Å². The number of hydrazone groups is 1. The molecule has 0 aromatic heterocycles. The molecular weight excluding hydrogens is 258 g/mol. The van der Waals surface area contributed by atoms with Gasteiger partial charge < -0.3 is 14.4 Å². The van der Waals surface area contributed by atoms with E-state index in [1.165, 1.54) is 5.69 Å². The molecule has 1 unspecified atom stereocenters. The highest BCUT2D eigenvalue weighted by Crippen LogP contribution is 2.19. The Kier molecular flexibility index (Phi) is 3.56. The van der Waals surface area contributed by atoms with Crippen LogP contribution in [0, 0.1) is 0 Å². The molecule has 0 radical (unpaired) electrons. The smallest absolute Gasteiger partial charge is 0.428 e. The summed E-state index contributed by atoms with van der Waals surface area (Å²) in [6.07, 6.45) is -0.843. The maximum atomic E-state index is 11.1. The summed E-state index contributed by atoms with van der Waals surface area (Å²) in [4.78, 5) is 13.3. The molecule has 20 heavy (non-hydrogen) atoms. The predicted octanol–water partition coefficient (Wildman–Crippen LogP) is 1.36. The van der Waals surface area contributed by atoms with Crippen LogP contribution in [0.2, 0.25) is 0 Å². The third-order valence-corrected chi connectivity index (χ3v) is 3.48. The minimum absolute atomic E-state index is 0.335. The van der Waals surface area contributed by atoms with Crippen LogP contribution in [-0.2, 0) is 9.47 Å². The first kappa shape index (κ1) is 12.9. The van der Waals surface area contributed by atoms with Gasteiger partial charge in [0.2, 0.25) is 0 Å². The molecular formula is C14H17N3O3. The average Bonchev–Trinajstić information content (AvgIpc) is 2.48. The second-order valence-corrected chi connectivity index (χ2v) is 4.80. The SMILES string of the molecule is CC1OC(=O)NN=C1c1ccc(N2CCOCC2)cc1. The molecule has 1 N–H and O–H groups in total. The fourth-order valence-electron chi connectivity index (χ4n) is 2.40. The van der Waals surface area contributed by atoms with E-state index in [0.717, 1.165) is 37.6 Å². The number of benzene rings is 1. The van der Waals surface area contributed by atoms with Crippen LogP contribution in [0.3, 0.4) is 0 Å². The quantitative estimate of drug-likeness (QED) is 0.885. The van der Waals surface area contributed by atoms with Gasteiger partial charge in [-0.05, 0) is 19.1 Å². The number of amides is 1. The molecule has 0 saturated carbocycles. The van der Waals surface area contributed by atoms with E-state index in [4.69, 9.17) is 9.47 Å². The molecule has 2 aliphatic rings. The molecule has 1 aromatic carbocycles. The number of ether oxygens (including phenoxy) is 2. The van der Waals surface area contributed by atoms with Crippen LogP contribution in [0.4, 0.5) is 10.5 Å². The van der Waals surface area contributed by atoms with Crippen molar-refractivity contribution >= 4 is 17.5 Å². The van der Waals surface area contributed by atoms with Gasteiger partial charge in [0.1, 0.15) is 11.8 Å². The zero-order chi connectivity index (χ0) is 13.9. The molecule has 2 aliphatic heterocycles. The van der Waals surface area contributed by atoms with E-state index in [0.29, 0.717) is 0 Å². The Morgan fingerprint density at radius 1 is 1.25 bits per heavy atom. The van der Waals surface area contributed by atoms with Gasteiger partial charge in [0.25, 0.3) is 0 Å². The van der Waals surface area contributed by atoms with Crippen molar-refractivity contribution in [3.8, 4) is 0 Å². The van der Waals surface area contributed by atoms with Gasteiger partial charge in [-0.2, -0.15) is 5.10 Å². The van der Waals surface area contributed by atoms with Crippen molar-refractivity contribution in [3.63, 3.8) is 0 Å². The second-order valence-electron chi connectivity index (χ2n) is 4.80. The van der Waals surface area contributed by atoms with E-state index in [9.17, 15) is 4.79 Å². The fraction of sp³-hybridized carbons (Fsp3) is 0.429. The number of carbonyl (C=O) groups is 1. The topological polar surface area (TPSA) is 63.2 Å². The average molecular weight is 275 g/mol. The van der Waals surface area contributed by atoms with Crippen LogP contribution < -0.4 is 10.3 Å². The van der Waals surface area contributed by atoms with Gasteiger partial charge in [-0.15, -0.1) is 0 Å². The maximum absolute atomic E-state index is 11.1. The Balaban J connectivity index is 1.77. The molecule has 6 heteroatoms. The van der Waals surface area contributed by atoms with E-state index in [1.807, 2.05) is 19.1 Å². The molecule has 1 saturated heterocycles. The van der Waals surface area contributed by atoms with E-state index < -0.39 is 6.09 Å². The van der Waals surface area contributed by atoms with Crippen molar-refractivity contribution in [3.05, 3.63) is 29.8 Å². The van der Waals surface area contributed by atoms with Crippen molar-refractivity contribution in [1.29, 1.82) is 0 Å². The third kappa shape index (κ3) is 2.60. The summed E-state index contributed by atoms with van der Waals surface area (Å²) < 4.78 is 10.4. The standard InChI is InChI=1S/C14H17N3O3/c1-10-13(15-16-14(18)20-10)11-2-4-12(5-3-11)17-6-8-19-9-7-17/h2-5,10H,6-9H2,1H3,(H,16,18). The minimum atomic E-state index is -0.508. The van der Waals surface area contributed by atoms with Crippen molar-refractivity contribution in [1.82, 2.24) is 5.43 Å². The van der Waals surface area contributed by atoms with Crippen LogP contribution in [-0.4, -0.2) is 44.2 Å². The number of anilines is 1. The van der Waals surface area contributed by atoms with Crippen LogP contribution >= 0.6 is 0 Å². The Morgan fingerprint density at radius 2 is 1.95 bits per heavy atom. The van der Waals surface area contributed by atoms with Crippen LogP contribution in [0.25, 0.3) is 0 Å². The fourth-order valence-corrected chi connectivity index (χ4v) is 2.40. The van der Waals surface area contributed by atoms with Gasteiger partial charge in [0, 0.05) is 24.3 Å². The molecule has 6 nitrogen and oxygen atoms in total. The lowest BCUT2D eigenvalue weighted by Gasteiger charge is -2.29. The number of rotatable bonds is 2. The first-order chi connectivity index (χ1) is 9.74. The number of nitrogens with one attached hydrogen (secondary N) is 1.